The number of phenolic OH excluding ortho intramolecular Hbond substituents is 1. The Bertz CT molecular complexity index is 1610. The number of methoxy groups -OCH3 is 1. The van der Waals surface area contributed by atoms with Crippen LogP contribution in [-0.4, -0.2) is 34.1 Å². The highest BCUT2D eigenvalue weighted by Gasteiger charge is 2.18. The molecule has 0 aliphatic rings. The molecule has 1 heterocycles. The standard InChI is InChI=1S/C31H26N4O3/c1-21-9-6-7-13-27(21)35-28(24-17-15-23(16-18-24)22-10-4-3-5-11-22)19-26(34-35)31(37)33-32-20-25-12-8-14-29(38-2)30(25)36/h3-20,36H,1-2H3,(H,33,37)/b32-20-. The second kappa shape index (κ2) is 10.8. The molecule has 0 radical (unpaired) electrons. The number of benzene rings is 4. The fraction of sp³-hybridized carbons (Fsp3) is 0.0645. The summed E-state index contributed by atoms with van der Waals surface area (Å²) in [5.41, 5.74) is 8.95. The number of aromatic nitrogens is 2. The van der Waals surface area contributed by atoms with Gasteiger partial charge in [0.25, 0.3) is 5.91 Å². The van der Waals surface area contributed by atoms with Crippen LogP contribution in [0, 0.1) is 6.92 Å². The summed E-state index contributed by atoms with van der Waals surface area (Å²) < 4.78 is 6.89. The van der Waals surface area contributed by atoms with Crippen LogP contribution in [0.1, 0.15) is 21.6 Å². The zero-order valence-corrected chi connectivity index (χ0v) is 21.0. The van der Waals surface area contributed by atoms with Crippen molar-refractivity contribution in [1.82, 2.24) is 15.2 Å². The molecular formula is C31H26N4O3. The molecule has 0 saturated carbocycles. The topological polar surface area (TPSA) is 88.7 Å². The number of aromatic hydroxyl groups is 1. The summed E-state index contributed by atoms with van der Waals surface area (Å²) in [6.07, 6.45) is 1.36. The summed E-state index contributed by atoms with van der Waals surface area (Å²) in [6.45, 7) is 2.00. The van der Waals surface area contributed by atoms with Gasteiger partial charge in [0, 0.05) is 11.1 Å². The average molecular weight is 503 g/mol. The van der Waals surface area contributed by atoms with E-state index in [2.05, 4.69) is 39.9 Å². The highest BCUT2D eigenvalue weighted by atomic mass is 16.5. The number of hydrazone groups is 1. The van der Waals surface area contributed by atoms with Gasteiger partial charge in [-0.05, 0) is 47.9 Å². The number of para-hydroxylation sites is 2. The van der Waals surface area contributed by atoms with Crippen LogP contribution in [0.4, 0.5) is 0 Å². The van der Waals surface area contributed by atoms with Gasteiger partial charge in [0.15, 0.2) is 17.2 Å². The van der Waals surface area contributed by atoms with Crippen molar-refractivity contribution in [3.8, 4) is 39.6 Å². The van der Waals surface area contributed by atoms with Crippen molar-refractivity contribution in [2.24, 2.45) is 5.10 Å². The van der Waals surface area contributed by atoms with E-state index in [0.29, 0.717) is 11.3 Å². The summed E-state index contributed by atoms with van der Waals surface area (Å²) >= 11 is 0. The molecule has 1 aromatic heterocycles. The highest BCUT2D eigenvalue weighted by molar-refractivity contribution is 5.95. The molecule has 5 rings (SSSR count). The summed E-state index contributed by atoms with van der Waals surface area (Å²) in [5.74, 6) is -0.212. The van der Waals surface area contributed by atoms with Crippen molar-refractivity contribution in [2.45, 2.75) is 6.92 Å². The van der Waals surface area contributed by atoms with Crippen LogP contribution in [0.15, 0.2) is 108 Å². The molecule has 0 saturated heterocycles. The second-order valence-corrected chi connectivity index (χ2v) is 8.65. The van der Waals surface area contributed by atoms with E-state index >= 15 is 0 Å². The zero-order chi connectivity index (χ0) is 26.5. The number of amides is 1. The van der Waals surface area contributed by atoms with Gasteiger partial charge < -0.3 is 9.84 Å². The maximum absolute atomic E-state index is 13.0. The third-order valence-corrected chi connectivity index (χ3v) is 6.19. The van der Waals surface area contributed by atoms with Crippen molar-refractivity contribution < 1.29 is 14.6 Å². The molecular weight excluding hydrogens is 476 g/mol. The van der Waals surface area contributed by atoms with E-state index in [4.69, 9.17) is 4.74 Å². The van der Waals surface area contributed by atoms with Gasteiger partial charge in [0.2, 0.25) is 0 Å². The smallest absolute Gasteiger partial charge is 0.291 e. The normalized spacial score (nSPS) is 11.0. The maximum Gasteiger partial charge on any atom is 0.291 e. The highest BCUT2D eigenvalue weighted by Crippen LogP contribution is 2.29. The number of nitrogens with one attached hydrogen (secondary N) is 1. The van der Waals surface area contributed by atoms with Crippen molar-refractivity contribution in [3.05, 3.63) is 120 Å². The van der Waals surface area contributed by atoms with E-state index in [1.165, 1.54) is 13.3 Å². The Balaban J connectivity index is 1.46. The van der Waals surface area contributed by atoms with Gasteiger partial charge in [-0.25, -0.2) is 10.1 Å². The first-order valence-corrected chi connectivity index (χ1v) is 12.1. The number of rotatable bonds is 7. The molecule has 188 valence electrons. The number of phenols is 1. The minimum absolute atomic E-state index is 0.0573. The Labute approximate surface area is 220 Å². The van der Waals surface area contributed by atoms with E-state index in [-0.39, 0.29) is 11.4 Å². The predicted molar refractivity (Wildman–Crippen MR) is 149 cm³/mol. The van der Waals surface area contributed by atoms with Gasteiger partial charge in [-0.3, -0.25) is 4.79 Å². The number of hydrogen-bond acceptors (Lipinski definition) is 5. The summed E-state index contributed by atoms with van der Waals surface area (Å²) in [7, 11) is 1.47. The Kier molecular flexibility index (Phi) is 6.99. The first kappa shape index (κ1) is 24.5. The van der Waals surface area contributed by atoms with E-state index in [1.54, 1.807) is 28.9 Å². The molecule has 0 unspecified atom stereocenters. The first-order chi connectivity index (χ1) is 18.5. The molecule has 0 aliphatic heterocycles. The summed E-state index contributed by atoms with van der Waals surface area (Å²) in [4.78, 5) is 13.0. The van der Waals surface area contributed by atoms with Gasteiger partial charge in [-0.1, -0.05) is 78.9 Å². The summed E-state index contributed by atoms with van der Waals surface area (Å²) in [5, 5.41) is 18.9. The monoisotopic (exact) mass is 502 g/mol. The van der Waals surface area contributed by atoms with E-state index in [0.717, 1.165) is 33.6 Å². The number of carbonyl (C=O) groups excluding carboxylic acids is 1. The minimum atomic E-state index is -0.474. The molecule has 4 aromatic carbocycles. The molecule has 0 atom stereocenters. The number of hydrogen-bond donors (Lipinski definition) is 2. The lowest BCUT2D eigenvalue weighted by Gasteiger charge is -2.11. The molecule has 1 amide bonds. The molecule has 7 heteroatoms. The fourth-order valence-electron chi connectivity index (χ4n) is 4.17. The molecule has 0 aliphatic carbocycles. The van der Waals surface area contributed by atoms with Crippen LogP contribution >= 0.6 is 0 Å². The number of nitrogens with zero attached hydrogens (tertiary/aromatic N) is 3. The molecule has 38 heavy (non-hydrogen) atoms. The SMILES string of the molecule is COc1cccc(/C=N\NC(=O)c2cc(-c3ccc(-c4ccccc4)cc3)n(-c3ccccc3C)n2)c1O. The quantitative estimate of drug-likeness (QED) is 0.211. The van der Waals surface area contributed by atoms with Crippen molar-refractivity contribution in [1.29, 1.82) is 0 Å². The van der Waals surface area contributed by atoms with Crippen molar-refractivity contribution in [2.75, 3.05) is 7.11 Å². The molecule has 5 aromatic rings. The van der Waals surface area contributed by atoms with Crippen LogP contribution in [0.25, 0.3) is 28.1 Å². The van der Waals surface area contributed by atoms with Crippen molar-refractivity contribution in [3.63, 3.8) is 0 Å². The van der Waals surface area contributed by atoms with Crippen LogP contribution in [0.2, 0.25) is 0 Å². The van der Waals surface area contributed by atoms with Gasteiger partial charge in [0.1, 0.15) is 0 Å². The number of carbonyl (C=O) groups is 1. The Morgan fingerprint density at radius 3 is 2.32 bits per heavy atom. The third-order valence-electron chi connectivity index (χ3n) is 6.19. The van der Waals surface area contributed by atoms with Crippen molar-refractivity contribution >= 4 is 12.1 Å². The Hall–Kier alpha value is -5.17. The molecule has 0 spiro atoms. The van der Waals surface area contributed by atoms with Gasteiger partial charge >= 0.3 is 0 Å². The fourth-order valence-corrected chi connectivity index (χ4v) is 4.17. The predicted octanol–water partition coefficient (Wildman–Crippen LogP) is 5.99. The van der Waals surface area contributed by atoms with Gasteiger partial charge in [-0.15, -0.1) is 0 Å². The van der Waals surface area contributed by atoms with Crippen LogP contribution in [0.3, 0.4) is 0 Å². The lowest BCUT2D eigenvalue weighted by atomic mass is 10.0. The largest absolute Gasteiger partial charge is 0.504 e. The van der Waals surface area contributed by atoms with E-state index < -0.39 is 5.91 Å². The van der Waals surface area contributed by atoms with Crippen LogP contribution in [0.5, 0.6) is 11.5 Å². The Morgan fingerprint density at radius 2 is 1.58 bits per heavy atom. The Morgan fingerprint density at radius 1 is 0.895 bits per heavy atom. The first-order valence-electron chi connectivity index (χ1n) is 12.1. The number of aryl methyl sites for hydroxylation is 1. The molecule has 0 fully saturated rings. The molecule has 0 bridgehead atoms. The number of ether oxygens (including phenoxy) is 1. The van der Waals surface area contributed by atoms with Crippen LogP contribution < -0.4 is 10.2 Å². The molecule has 2 N–H and O–H groups in total. The summed E-state index contributed by atoms with van der Waals surface area (Å²) in [6, 6.07) is 33.0. The average Bonchev–Trinajstić information content (AvgIpc) is 3.40. The molecule has 7 nitrogen and oxygen atoms in total. The van der Waals surface area contributed by atoms with Crippen LogP contribution in [-0.2, 0) is 0 Å². The lowest BCUT2D eigenvalue weighted by Crippen LogP contribution is -2.18. The van der Waals surface area contributed by atoms with Gasteiger partial charge in [0.05, 0.1) is 24.7 Å². The zero-order valence-electron chi connectivity index (χ0n) is 21.0. The third kappa shape index (κ3) is 5.03. The van der Waals surface area contributed by atoms with E-state index in [1.807, 2.05) is 61.5 Å². The lowest BCUT2D eigenvalue weighted by molar-refractivity contribution is 0.0949. The van der Waals surface area contributed by atoms with Gasteiger partial charge in [-0.2, -0.15) is 10.2 Å². The minimum Gasteiger partial charge on any atom is -0.504 e. The van der Waals surface area contributed by atoms with E-state index in [9.17, 15) is 9.90 Å². The maximum atomic E-state index is 13.0. The second-order valence-electron chi connectivity index (χ2n) is 8.65.